The first-order valence-electron chi connectivity index (χ1n) is 3.19. The standard InChI is InChI=1S/C7H12O3/c1-3-10-7(9)5-4-6(2)8/h4-6,8H,3H2,1-2H3. The first kappa shape index (κ1) is 9.17. The highest BCUT2D eigenvalue weighted by Gasteiger charge is 1.93. The zero-order chi connectivity index (χ0) is 7.98. The largest absolute Gasteiger partial charge is 0.463 e. The van der Waals surface area contributed by atoms with Crippen molar-refractivity contribution in [2.24, 2.45) is 0 Å². The molecule has 0 aromatic rings. The van der Waals surface area contributed by atoms with Crippen LogP contribution in [0.15, 0.2) is 12.2 Å². The van der Waals surface area contributed by atoms with Gasteiger partial charge in [-0.25, -0.2) is 4.79 Å². The number of rotatable bonds is 3. The SMILES string of the molecule is CCOC(=O)C=CC(C)O. The molecule has 0 aliphatic heterocycles. The topological polar surface area (TPSA) is 46.5 Å². The molecule has 0 amide bonds. The highest BCUT2D eigenvalue weighted by Crippen LogP contribution is 1.85. The number of hydrogen-bond acceptors (Lipinski definition) is 3. The maximum atomic E-state index is 10.5. The third-order valence-electron chi connectivity index (χ3n) is 0.797. The summed E-state index contributed by atoms with van der Waals surface area (Å²) in [4.78, 5) is 10.5. The van der Waals surface area contributed by atoms with Crippen LogP contribution in [0, 0.1) is 0 Å². The molecule has 3 heteroatoms. The Morgan fingerprint density at radius 2 is 2.40 bits per heavy atom. The van der Waals surface area contributed by atoms with Gasteiger partial charge in [0.2, 0.25) is 0 Å². The van der Waals surface area contributed by atoms with Crippen LogP contribution in [0.3, 0.4) is 0 Å². The predicted octanol–water partition coefficient (Wildman–Crippen LogP) is 0.486. The van der Waals surface area contributed by atoms with Crippen LogP contribution >= 0.6 is 0 Å². The van der Waals surface area contributed by atoms with Gasteiger partial charge in [0.15, 0.2) is 0 Å². The molecule has 1 atom stereocenters. The Kier molecular flexibility index (Phi) is 4.58. The Labute approximate surface area is 60.3 Å². The van der Waals surface area contributed by atoms with Gasteiger partial charge in [-0.1, -0.05) is 0 Å². The molecule has 0 rings (SSSR count). The van der Waals surface area contributed by atoms with Crippen molar-refractivity contribution in [1.29, 1.82) is 0 Å². The van der Waals surface area contributed by atoms with E-state index in [-0.39, 0.29) is 0 Å². The zero-order valence-corrected chi connectivity index (χ0v) is 6.20. The number of hydrogen-bond donors (Lipinski definition) is 1. The first-order chi connectivity index (χ1) is 4.66. The first-order valence-corrected chi connectivity index (χ1v) is 3.19. The second-order valence-electron chi connectivity index (χ2n) is 1.85. The van der Waals surface area contributed by atoms with Gasteiger partial charge in [0.25, 0.3) is 0 Å². The molecule has 0 aromatic heterocycles. The van der Waals surface area contributed by atoms with E-state index in [0.717, 1.165) is 0 Å². The second kappa shape index (κ2) is 4.99. The van der Waals surface area contributed by atoms with Crippen molar-refractivity contribution in [2.75, 3.05) is 6.61 Å². The normalized spacial score (nSPS) is 13.5. The van der Waals surface area contributed by atoms with Gasteiger partial charge in [0.1, 0.15) is 0 Å². The number of carbonyl (C=O) groups excluding carboxylic acids is 1. The van der Waals surface area contributed by atoms with Crippen molar-refractivity contribution < 1.29 is 14.6 Å². The zero-order valence-electron chi connectivity index (χ0n) is 6.20. The molecule has 0 aliphatic rings. The van der Waals surface area contributed by atoms with Crippen molar-refractivity contribution in [3.8, 4) is 0 Å². The summed E-state index contributed by atoms with van der Waals surface area (Å²) in [5.41, 5.74) is 0. The van der Waals surface area contributed by atoms with Gasteiger partial charge < -0.3 is 9.84 Å². The molecular formula is C7H12O3. The van der Waals surface area contributed by atoms with Crippen LogP contribution in [-0.4, -0.2) is 23.8 Å². The Bertz CT molecular complexity index is 127. The smallest absolute Gasteiger partial charge is 0.330 e. The van der Waals surface area contributed by atoms with E-state index in [4.69, 9.17) is 5.11 Å². The van der Waals surface area contributed by atoms with Gasteiger partial charge in [-0.05, 0) is 19.9 Å². The number of aliphatic hydroxyl groups excluding tert-OH is 1. The van der Waals surface area contributed by atoms with E-state index >= 15 is 0 Å². The summed E-state index contributed by atoms with van der Waals surface area (Å²) >= 11 is 0. The lowest BCUT2D eigenvalue weighted by molar-refractivity contribution is -0.137. The van der Waals surface area contributed by atoms with Crippen molar-refractivity contribution >= 4 is 5.97 Å². The van der Waals surface area contributed by atoms with E-state index in [0.29, 0.717) is 6.61 Å². The summed E-state index contributed by atoms with van der Waals surface area (Å²) in [5, 5.41) is 8.67. The van der Waals surface area contributed by atoms with E-state index in [1.807, 2.05) is 0 Å². The Morgan fingerprint density at radius 1 is 1.80 bits per heavy atom. The summed E-state index contributed by atoms with van der Waals surface area (Å²) in [6.07, 6.45) is 2.00. The van der Waals surface area contributed by atoms with Crippen LogP contribution < -0.4 is 0 Å². The Hall–Kier alpha value is -0.830. The van der Waals surface area contributed by atoms with Crippen LogP contribution in [0.1, 0.15) is 13.8 Å². The Balaban J connectivity index is 3.56. The van der Waals surface area contributed by atoms with Crippen LogP contribution in [0.2, 0.25) is 0 Å². The van der Waals surface area contributed by atoms with Crippen LogP contribution in [0.4, 0.5) is 0 Å². The predicted molar refractivity (Wildman–Crippen MR) is 37.5 cm³/mol. The van der Waals surface area contributed by atoms with Crippen LogP contribution in [-0.2, 0) is 9.53 Å². The van der Waals surface area contributed by atoms with E-state index in [1.165, 1.54) is 12.2 Å². The van der Waals surface area contributed by atoms with E-state index in [1.54, 1.807) is 13.8 Å². The molecule has 1 N–H and O–H groups in total. The van der Waals surface area contributed by atoms with Gasteiger partial charge in [-0.2, -0.15) is 0 Å². The molecule has 0 aliphatic carbocycles. The van der Waals surface area contributed by atoms with E-state index in [9.17, 15) is 4.79 Å². The molecule has 0 saturated carbocycles. The molecule has 0 saturated heterocycles. The molecule has 3 nitrogen and oxygen atoms in total. The van der Waals surface area contributed by atoms with Gasteiger partial charge in [-0.15, -0.1) is 0 Å². The lowest BCUT2D eigenvalue weighted by Gasteiger charge is -1.95. The van der Waals surface area contributed by atoms with Crippen molar-refractivity contribution in [1.82, 2.24) is 0 Å². The third kappa shape index (κ3) is 5.31. The van der Waals surface area contributed by atoms with Gasteiger partial charge >= 0.3 is 5.97 Å². The van der Waals surface area contributed by atoms with Crippen LogP contribution in [0.5, 0.6) is 0 Å². The number of esters is 1. The van der Waals surface area contributed by atoms with E-state index in [2.05, 4.69) is 4.74 Å². The molecule has 0 bridgehead atoms. The number of ether oxygens (including phenoxy) is 1. The minimum Gasteiger partial charge on any atom is -0.463 e. The minimum absolute atomic E-state index is 0.364. The molecule has 0 spiro atoms. The fourth-order valence-corrected chi connectivity index (χ4v) is 0.408. The fourth-order valence-electron chi connectivity index (χ4n) is 0.408. The van der Waals surface area contributed by atoms with Crippen molar-refractivity contribution in [2.45, 2.75) is 20.0 Å². The third-order valence-corrected chi connectivity index (χ3v) is 0.797. The molecule has 58 valence electrons. The molecule has 10 heavy (non-hydrogen) atoms. The van der Waals surface area contributed by atoms with Gasteiger partial charge in [0, 0.05) is 6.08 Å². The van der Waals surface area contributed by atoms with E-state index < -0.39 is 12.1 Å². The summed E-state index contributed by atoms with van der Waals surface area (Å²) in [7, 11) is 0. The quantitative estimate of drug-likeness (QED) is 0.463. The summed E-state index contributed by atoms with van der Waals surface area (Å²) in [5.74, 6) is -0.414. The van der Waals surface area contributed by atoms with Crippen molar-refractivity contribution in [3.63, 3.8) is 0 Å². The number of aliphatic hydroxyl groups is 1. The minimum atomic E-state index is -0.593. The molecule has 0 radical (unpaired) electrons. The monoisotopic (exact) mass is 144 g/mol. The lowest BCUT2D eigenvalue weighted by Crippen LogP contribution is -2.01. The van der Waals surface area contributed by atoms with Gasteiger partial charge in [0.05, 0.1) is 12.7 Å². The molecule has 0 fully saturated rings. The summed E-state index contributed by atoms with van der Waals surface area (Å²) < 4.78 is 4.56. The molecule has 1 unspecified atom stereocenters. The molecular weight excluding hydrogens is 132 g/mol. The van der Waals surface area contributed by atoms with Gasteiger partial charge in [-0.3, -0.25) is 0 Å². The summed E-state index contributed by atoms with van der Waals surface area (Å²) in [6, 6.07) is 0. The summed E-state index contributed by atoms with van der Waals surface area (Å²) in [6.45, 7) is 3.66. The lowest BCUT2D eigenvalue weighted by atomic mass is 10.3. The maximum absolute atomic E-state index is 10.5. The van der Waals surface area contributed by atoms with Crippen molar-refractivity contribution in [3.05, 3.63) is 12.2 Å². The average molecular weight is 144 g/mol. The highest BCUT2D eigenvalue weighted by molar-refractivity contribution is 5.81. The Morgan fingerprint density at radius 3 is 2.80 bits per heavy atom. The second-order valence-corrected chi connectivity index (χ2v) is 1.85. The highest BCUT2D eigenvalue weighted by atomic mass is 16.5. The maximum Gasteiger partial charge on any atom is 0.330 e. The number of carbonyl (C=O) groups is 1. The fraction of sp³-hybridized carbons (Fsp3) is 0.571. The average Bonchev–Trinajstić information content (AvgIpc) is 1.85. The van der Waals surface area contributed by atoms with Crippen LogP contribution in [0.25, 0.3) is 0 Å². The molecule has 0 aromatic carbocycles. The molecule has 0 heterocycles.